The number of hydrogen-bond donors (Lipinski definition) is 2. The average molecular weight is 681 g/mol. The molecule has 2 N–H and O–H groups in total. The summed E-state index contributed by atoms with van der Waals surface area (Å²) in [7, 11) is 2.21. The van der Waals surface area contributed by atoms with Crippen LogP contribution < -0.4 is 5.46 Å². The van der Waals surface area contributed by atoms with Crippen LogP contribution in [-0.4, -0.2) is 48.8 Å². The highest BCUT2D eigenvalue weighted by molar-refractivity contribution is 9.10. The van der Waals surface area contributed by atoms with Crippen LogP contribution in [0.5, 0.6) is 0 Å². The fourth-order valence-corrected chi connectivity index (χ4v) is 4.42. The van der Waals surface area contributed by atoms with Crippen molar-refractivity contribution in [1.82, 2.24) is 19.1 Å². The summed E-state index contributed by atoms with van der Waals surface area (Å²) in [6.07, 6.45) is 1.49. The molecule has 6 rings (SSSR count). The maximum Gasteiger partial charge on any atom is 0.488 e. The Balaban J connectivity index is 0.000000343. The lowest BCUT2D eigenvalue weighted by atomic mass is 9.80. The number of rotatable bonds is 4. The summed E-state index contributed by atoms with van der Waals surface area (Å²) in [4.78, 5) is 29.2. The molecule has 12 heteroatoms. The van der Waals surface area contributed by atoms with Crippen LogP contribution in [0, 0.1) is 11.6 Å². The van der Waals surface area contributed by atoms with Crippen LogP contribution in [0.1, 0.15) is 43.0 Å². The van der Waals surface area contributed by atoms with E-state index in [1.54, 1.807) is 28.8 Å². The number of imidazole rings is 2. The van der Waals surface area contributed by atoms with Crippen LogP contribution in [0.25, 0.3) is 33.5 Å². The fourth-order valence-electron chi connectivity index (χ4n) is 4.05. The van der Waals surface area contributed by atoms with Gasteiger partial charge in [-0.1, -0.05) is 82.9 Å². The molecule has 0 fully saturated rings. The van der Waals surface area contributed by atoms with E-state index in [1.165, 1.54) is 36.4 Å². The molecule has 0 radical (unpaired) electrons. The first-order chi connectivity index (χ1) is 20.1. The second kappa shape index (κ2) is 17.1. The maximum atomic E-state index is 13.7. The highest BCUT2D eigenvalue weighted by Gasteiger charge is 2.13. The summed E-state index contributed by atoms with van der Waals surface area (Å²) in [6, 6.07) is 22.9. The second-order valence-corrected chi connectivity index (χ2v) is 9.76. The molecule has 0 amide bonds. The van der Waals surface area contributed by atoms with E-state index in [2.05, 4.69) is 25.9 Å². The minimum absolute atomic E-state index is 0. The molecule has 2 aromatic heterocycles. The number of para-hydroxylation sites is 2. The van der Waals surface area contributed by atoms with E-state index < -0.39 is 7.12 Å². The molecule has 0 saturated heterocycles. The lowest BCUT2D eigenvalue weighted by Crippen LogP contribution is -2.29. The Morgan fingerprint density at radius 1 is 0.689 bits per heavy atom. The largest absolute Gasteiger partial charge is 0.488 e. The van der Waals surface area contributed by atoms with E-state index in [0.29, 0.717) is 44.5 Å². The molecular formula is C33H36BBrF2N4O4. The van der Waals surface area contributed by atoms with Gasteiger partial charge in [0.05, 0.1) is 11.0 Å². The molecule has 0 bridgehead atoms. The lowest BCUT2D eigenvalue weighted by molar-refractivity contribution is 0.111. The first kappa shape index (κ1) is 38.5. The Morgan fingerprint density at radius 2 is 1.13 bits per heavy atom. The standard InChI is InChI=1S/C15H11FN2O.C8H6BrFN2.C7H7BO3.3CH4/c1-18-13-4-2-3-12(16)14(13)17-15(18)11-7-5-10(9-19)6-8-11;1-12-6-4-2-3-5(10)7(6)11-8(12)9;9-5-6-1-3-7(4-2-6)8(10)11;;;/h2-9H,1H3;2-4H,1H3;1-5,10-11H;3*1H4. The third kappa shape index (κ3) is 8.78. The van der Waals surface area contributed by atoms with Gasteiger partial charge in [0, 0.05) is 30.8 Å². The van der Waals surface area contributed by atoms with Gasteiger partial charge in [-0.15, -0.1) is 0 Å². The summed E-state index contributed by atoms with van der Waals surface area (Å²) >= 11 is 3.23. The monoisotopic (exact) mass is 680 g/mol. The van der Waals surface area contributed by atoms with E-state index in [-0.39, 0.29) is 33.9 Å². The van der Waals surface area contributed by atoms with Crippen molar-refractivity contribution in [3.8, 4) is 11.4 Å². The van der Waals surface area contributed by atoms with E-state index in [9.17, 15) is 18.4 Å². The molecule has 0 saturated carbocycles. The van der Waals surface area contributed by atoms with Crippen LogP contribution >= 0.6 is 15.9 Å². The van der Waals surface area contributed by atoms with E-state index in [1.807, 2.05) is 42.9 Å². The molecule has 45 heavy (non-hydrogen) atoms. The van der Waals surface area contributed by atoms with Gasteiger partial charge in [-0.05, 0) is 45.7 Å². The van der Waals surface area contributed by atoms with E-state index >= 15 is 0 Å². The van der Waals surface area contributed by atoms with Crippen molar-refractivity contribution in [2.45, 2.75) is 22.3 Å². The first-order valence-corrected chi connectivity index (χ1v) is 13.3. The van der Waals surface area contributed by atoms with Crippen LogP contribution in [0.15, 0.2) is 89.7 Å². The summed E-state index contributed by atoms with van der Waals surface area (Å²) in [5, 5.41) is 17.3. The lowest BCUT2D eigenvalue weighted by Gasteiger charge is -2.02. The molecule has 236 valence electrons. The summed E-state index contributed by atoms with van der Waals surface area (Å²) in [6.45, 7) is 0. The third-order valence-corrected chi connectivity index (χ3v) is 7.05. The van der Waals surface area contributed by atoms with Gasteiger partial charge in [0.1, 0.15) is 29.4 Å². The number of carbonyl (C=O) groups is 2. The Bertz CT molecular complexity index is 1860. The van der Waals surface area contributed by atoms with Gasteiger partial charge in [0.25, 0.3) is 0 Å². The molecule has 0 atom stereocenters. The third-order valence-electron chi connectivity index (χ3n) is 6.35. The molecule has 4 aromatic carbocycles. The van der Waals surface area contributed by atoms with Crippen molar-refractivity contribution in [3.05, 3.63) is 112 Å². The SMILES string of the molecule is C.C.C.Cn1c(-c2ccc(C=O)cc2)nc2c(F)cccc21.Cn1c(Br)nc2c(F)cccc21.O=Cc1ccc(B(O)O)cc1. The molecule has 0 spiro atoms. The average Bonchev–Trinajstić information content (AvgIpc) is 3.51. The zero-order valence-corrected chi connectivity index (χ0v) is 24.0. The number of fused-ring (bicyclic) bond motifs is 2. The minimum atomic E-state index is -1.46. The summed E-state index contributed by atoms with van der Waals surface area (Å²) < 4.78 is 31.0. The predicted octanol–water partition coefficient (Wildman–Crippen LogP) is 6.75. The van der Waals surface area contributed by atoms with E-state index in [4.69, 9.17) is 10.0 Å². The second-order valence-electron chi connectivity index (χ2n) is 9.05. The number of aromatic nitrogens is 4. The Morgan fingerprint density at radius 3 is 1.56 bits per heavy atom. The van der Waals surface area contributed by atoms with Crippen molar-refractivity contribution in [2.24, 2.45) is 14.1 Å². The van der Waals surface area contributed by atoms with Gasteiger partial charge in [0.15, 0.2) is 16.4 Å². The zero-order valence-electron chi connectivity index (χ0n) is 22.4. The number of carbonyl (C=O) groups excluding carboxylic acids is 2. The van der Waals surface area contributed by atoms with Gasteiger partial charge >= 0.3 is 7.12 Å². The van der Waals surface area contributed by atoms with Crippen LogP contribution in [0.3, 0.4) is 0 Å². The molecule has 0 unspecified atom stereocenters. The predicted molar refractivity (Wildman–Crippen MR) is 182 cm³/mol. The maximum absolute atomic E-state index is 13.7. The normalized spacial score (nSPS) is 9.76. The van der Waals surface area contributed by atoms with Crippen molar-refractivity contribution >= 4 is 63.2 Å². The van der Waals surface area contributed by atoms with Crippen molar-refractivity contribution < 1.29 is 28.4 Å². The van der Waals surface area contributed by atoms with Gasteiger partial charge in [0.2, 0.25) is 0 Å². The molecule has 0 aliphatic heterocycles. The van der Waals surface area contributed by atoms with Gasteiger partial charge in [-0.3, -0.25) is 9.59 Å². The van der Waals surface area contributed by atoms with Gasteiger partial charge in [-0.2, -0.15) is 0 Å². The molecule has 0 aliphatic rings. The van der Waals surface area contributed by atoms with E-state index in [0.717, 1.165) is 22.9 Å². The van der Waals surface area contributed by atoms with Crippen molar-refractivity contribution in [2.75, 3.05) is 0 Å². The Kier molecular flexibility index (Phi) is 14.6. The summed E-state index contributed by atoms with van der Waals surface area (Å²) in [5.74, 6) is 0.0650. The van der Waals surface area contributed by atoms with Gasteiger partial charge in [-0.25, -0.2) is 18.7 Å². The molecule has 8 nitrogen and oxygen atoms in total. The number of halogens is 3. The Labute approximate surface area is 270 Å². The van der Waals surface area contributed by atoms with Crippen LogP contribution in [0.4, 0.5) is 8.78 Å². The van der Waals surface area contributed by atoms with Gasteiger partial charge < -0.3 is 19.2 Å². The number of hydrogen-bond acceptors (Lipinski definition) is 6. The molecular weight excluding hydrogens is 645 g/mol. The fraction of sp³-hybridized carbons (Fsp3) is 0.152. The van der Waals surface area contributed by atoms with Crippen LogP contribution in [0.2, 0.25) is 0 Å². The number of benzene rings is 4. The topological polar surface area (TPSA) is 110 Å². The number of aryl methyl sites for hydroxylation is 2. The molecule has 2 heterocycles. The quantitative estimate of drug-likeness (QED) is 0.157. The molecule has 6 aromatic rings. The van der Waals surface area contributed by atoms with Crippen LogP contribution in [-0.2, 0) is 14.1 Å². The van der Waals surface area contributed by atoms with Crippen molar-refractivity contribution in [1.29, 1.82) is 0 Å². The Hall–Kier alpha value is -4.52. The number of aldehydes is 2. The van der Waals surface area contributed by atoms with Crippen molar-refractivity contribution in [3.63, 3.8) is 0 Å². The highest BCUT2D eigenvalue weighted by Crippen LogP contribution is 2.25. The number of nitrogens with zero attached hydrogens (tertiary/aromatic N) is 4. The first-order valence-electron chi connectivity index (χ1n) is 12.5. The zero-order chi connectivity index (χ0) is 30.4. The highest BCUT2D eigenvalue weighted by atomic mass is 79.9. The smallest absolute Gasteiger partial charge is 0.423 e. The molecule has 0 aliphatic carbocycles. The minimum Gasteiger partial charge on any atom is -0.423 e. The summed E-state index contributed by atoms with van der Waals surface area (Å²) in [5.41, 5.74) is 4.67.